The summed E-state index contributed by atoms with van der Waals surface area (Å²) in [7, 11) is -1.86. The van der Waals surface area contributed by atoms with E-state index in [9.17, 15) is 5.11 Å². The van der Waals surface area contributed by atoms with Gasteiger partial charge in [0, 0.05) is 0 Å². The first-order chi connectivity index (χ1) is 13.0. The summed E-state index contributed by atoms with van der Waals surface area (Å²) in [6, 6.07) is 0. The summed E-state index contributed by atoms with van der Waals surface area (Å²) in [5.74, 6) is 0.165. The van der Waals surface area contributed by atoms with Crippen molar-refractivity contribution in [3.63, 3.8) is 0 Å². The Labute approximate surface area is 182 Å². The molecule has 0 spiro atoms. The Balaban J connectivity index is 5.71. The third-order valence-corrected chi connectivity index (χ3v) is 25.4. The van der Waals surface area contributed by atoms with E-state index in [1.165, 1.54) is 51.8 Å². The van der Waals surface area contributed by atoms with Gasteiger partial charge in [0.2, 0.25) is 0 Å². The van der Waals surface area contributed by atoms with Crippen molar-refractivity contribution in [3.05, 3.63) is 10.2 Å². The fraction of sp³-hybridized carbons (Fsp3) is 0.917. The standard InChI is InChI=1S/C12H25O2Si.3C4H9.Sn/c1-8-11(10(2)9-13)14-15(6,7)12(3,4)5;3*1-3-4-2;/h1,8,10-11,13H,9H2,2-7H3;3*1,3-4H2,2H3;/t10-,11+;;;;/m1..../s1. The van der Waals surface area contributed by atoms with Crippen LogP contribution in [0.15, 0.2) is 10.2 Å². The normalized spacial score (nSPS) is 15.9. The second-order valence-corrected chi connectivity index (χ2v) is 28.3. The van der Waals surface area contributed by atoms with Gasteiger partial charge in [-0.25, -0.2) is 0 Å². The van der Waals surface area contributed by atoms with Crippen molar-refractivity contribution >= 4 is 26.7 Å². The van der Waals surface area contributed by atoms with Gasteiger partial charge in [-0.2, -0.15) is 0 Å². The van der Waals surface area contributed by atoms with Crippen LogP contribution in [-0.4, -0.2) is 44.5 Å². The van der Waals surface area contributed by atoms with Gasteiger partial charge >= 0.3 is 183 Å². The van der Waals surface area contributed by atoms with E-state index >= 15 is 0 Å². The molecule has 28 heavy (non-hydrogen) atoms. The van der Waals surface area contributed by atoms with Crippen molar-refractivity contribution in [3.8, 4) is 0 Å². The van der Waals surface area contributed by atoms with E-state index in [2.05, 4.69) is 71.7 Å². The van der Waals surface area contributed by atoms with Crippen molar-refractivity contribution in [2.75, 3.05) is 6.61 Å². The van der Waals surface area contributed by atoms with Gasteiger partial charge in [0.15, 0.2) is 0 Å². The fourth-order valence-corrected chi connectivity index (χ4v) is 19.2. The molecule has 0 amide bonds. The maximum absolute atomic E-state index is 9.88. The van der Waals surface area contributed by atoms with Gasteiger partial charge in [-0.15, -0.1) is 0 Å². The molecule has 0 saturated heterocycles. The molecule has 0 aromatic heterocycles. The van der Waals surface area contributed by atoms with Crippen LogP contribution in [0, 0.1) is 5.92 Å². The van der Waals surface area contributed by atoms with E-state index in [1.54, 1.807) is 0 Å². The third kappa shape index (κ3) is 10.1. The molecule has 0 radical (unpaired) electrons. The van der Waals surface area contributed by atoms with Gasteiger partial charge in [-0.3, -0.25) is 0 Å². The van der Waals surface area contributed by atoms with Crippen LogP contribution in [0.5, 0.6) is 0 Å². The molecule has 0 fully saturated rings. The summed E-state index contributed by atoms with van der Waals surface area (Å²) in [6.45, 7) is 20.9. The molecule has 0 unspecified atom stereocenters. The molecule has 0 saturated carbocycles. The average molecular weight is 519 g/mol. The van der Waals surface area contributed by atoms with Crippen molar-refractivity contribution in [1.82, 2.24) is 0 Å². The molecule has 0 aliphatic carbocycles. The number of aliphatic hydroxyl groups is 1. The monoisotopic (exact) mass is 520 g/mol. The Morgan fingerprint density at radius 3 is 1.68 bits per heavy atom. The maximum atomic E-state index is 9.88. The van der Waals surface area contributed by atoms with Crippen LogP contribution in [-0.2, 0) is 4.43 Å². The summed E-state index contributed by atoms with van der Waals surface area (Å²) >= 11 is -2.31. The van der Waals surface area contributed by atoms with Gasteiger partial charge in [0.05, 0.1) is 0 Å². The molecule has 0 aliphatic rings. The Kier molecular flexibility index (Phi) is 14.2. The quantitative estimate of drug-likeness (QED) is 0.223. The molecule has 0 bridgehead atoms. The van der Waals surface area contributed by atoms with Crippen molar-refractivity contribution in [2.45, 2.75) is 125 Å². The molecular weight excluding hydrogens is 467 g/mol. The minimum absolute atomic E-state index is 0.0619. The number of rotatable bonds is 15. The van der Waals surface area contributed by atoms with Crippen molar-refractivity contribution in [2.24, 2.45) is 5.92 Å². The molecule has 0 aromatic carbocycles. The first kappa shape index (κ1) is 28.7. The SMILES string of the molecule is CCC[CH2][Sn](/[CH]=C/[C@H](O[Si](C)(C)C(C)(C)C)[C@H](C)CO)([CH2]CCC)[CH2]CCC. The second kappa shape index (κ2) is 13.9. The van der Waals surface area contributed by atoms with E-state index in [4.69, 9.17) is 4.43 Å². The molecule has 0 rings (SSSR count). The topological polar surface area (TPSA) is 29.5 Å². The van der Waals surface area contributed by atoms with Gasteiger partial charge in [0.1, 0.15) is 0 Å². The number of unbranched alkanes of at least 4 members (excludes halogenated alkanes) is 3. The average Bonchev–Trinajstić information content (AvgIpc) is 2.64. The van der Waals surface area contributed by atoms with Gasteiger partial charge in [-0.1, -0.05) is 0 Å². The fourth-order valence-electron chi connectivity index (χ4n) is 3.48. The number of hydrogen-bond donors (Lipinski definition) is 1. The van der Waals surface area contributed by atoms with Crippen LogP contribution >= 0.6 is 0 Å². The summed E-state index contributed by atoms with van der Waals surface area (Å²) in [4.78, 5) is 0. The van der Waals surface area contributed by atoms with Crippen LogP contribution in [0.4, 0.5) is 0 Å². The first-order valence-corrected chi connectivity index (χ1v) is 22.6. The van der Waals surface area contributed by atoms with E-state index in [0.29, 0.717) is 0 Å². The minimum atomic E-state index is -2.31. The van der Waals surface area contributed by atoms with E-state index < -0.39 is 26.7 Å². The molecule has 0 heterocycles. The van der Waals surface area contributed by atoms with E-state index in [1.807, 2.05) is 0 Å². The first-order valence-electron chi connectivity index (χ1n) is 12.0. The summed E-state index contributed by atoms with van der Waals surface area (Å²) < 4.78 is 14.0. The Hall–Kier alpha value is 0.676. The molecule has 0 aromatic rings. The van der Waals surface area contributed by atoms with Gasteiger partial charge < -0.3 is 0 Å². The molecule has 168 valence electrons. The van der Waals surface area contributed by atoms with E-state index in [0.717, 1.165) is 0 Å². The van der Waals surface area contributed by atoms with Crippen LogP contribution in [0.25, 0.3) is 0 Å². The zero-order valence-electron chi connectivity index (χ0n) is 20.7. The third-order valence-electron chi connectivity index (χ3n) is 6.81. The van der Waals surface area contributed by atoms with E-state index in [-0.39, 0.29) is 23.7 Å². The van der Waals surface area contributed by atoms with Gasteiger partial charge in [0.25, 0.3) is 0 Å². The van der Waals surface area contributed by atoms with Crippen molar-refractivity contribution < 1.29 is 9.53 Å². The molecule has 2 nitrogen and oxygen atoms in total. The molecule has 4 heteroatoms. The molecular formula is C24H52O2SiSn. The predicted octanol–water partition coefficient (Wildman–Crippen LogP) is 7.95. The van der Waals surface area contributed by atoms with Crippen LogP contribution in [0.2, 0.25) is 31.4 Å². The molecule has 2 atom stereocenters. The second-order valence-electron chi connectivity index (χ2n) is 10.5. The predicted molar refractivity (Wildman–Crippen MR) is 132 cm³/mol. The van der Waals surface area contributed by atoms with Crippen molar-refractivity contribution in [1.29, 1.82) is 0 Å². The Morgan fingerprint density at radius 1 is 0.929 bits per heavy atom. The van der Waals surface area contributed by atoms with Gasteiger partial charge in [-0.05, 0) is 0 Å². The van der Waals surface area contributed by atoms with Crippen LogP contribution in [0.3, 0.4) is 0 Å². The summed E-state index contributed by atoms with van der Waals surface area (Å²) in [5.41, 5.74) is 0. The van der Waals surface area contributed by atoms with Crippen LogP contribution in [0.1, 0.15) is 87.0 Å². The number of hydrogen-bond acceptors (Lipinski definition) is 2. The molecule has 1 N–H and O–H groups in total. The number of aliphatic hydroxyl groups excluding tert-OH is 1. The Morgan fingerprint density at radius 2 is 1.36 bits per heavy atom. The molecule has 0 aliphatic heterocycles. The summed E-state index contributed by atoms with van der Waals surface area (Å²) in [6.07, 6.45) is 10.6. The zero-order chi connectivity index (χ0) is 21.8. The Bertz CT molecular complexity index is 407. The van der Waals surface area contributed by atoms with Crippen LogP contribution < -0.4 is 0 Å². The summed E-state index contributed by atoms with van der Waals surface area (Å²) in [5, 5.41) is 10.1. The zero-order valence-corrected chi connectivity index (χ0v) is 24.6.